The lowest BCUT2D eigenvalue weighted by Crippen LogP contribution is -2.48. The van der Waals surface area contributed by atoms with Crippen molar-refractivity contribution in [1.29, 1.82) is 0 Å². The first-order valence-corrected chi connectivity index (χ1v) is 13.0. The molecule has 2 aliphatic heterocycles. The fourth-order valence-electron chi connectivity index (χ4n) is 5.90. The standard InChI is InChI=1S/C31H25F3N4O3/c1-30(21-13-22(32)15-23(33)14-21)36-26(24-7-3-4-8-25(24)34)27(39)38(30)11-5-6-18-9-10-19-16-31(17-20(19)12-18)28(40)35-29(41)37(31)2/h3-10,12-15H,11,16-17H2,1-2H3,(H,35,40,41)/b6-5+/t30-,31+/m1/s1. The lowest BCUT2D eigenvalue weighted by molar-refractivity contribution is -0.127. The predicted molar refractivity (Wildman–Crippen MR) is 145 cm³/mol. The largest absolute Gasteiger partial charge is 0.324 e. The van der Waals surface area contributed by atoms with Crippen molar-refractivity contribution in [2.75, 3.05) is 13.6 Å². The Bertz CT molecular complexity index is 1680. The highest BCUT2D eigenvalue weighted by Crippen LogP contribution is 2.39. The molecule has 0 unspecified atom stereocenters. The van der Waals surface area contributed by atoms with Crippen molar-refractivity contribution in [3.8, 4) is 0 Å². The molecule has 0 saturated carbocycles. The number of carbonyl (C=O) groups excluding carboxylic acids is 3. The molecule has 3 aliphatic rings. The average molecular weight is 559 g/mol. The summed E-state index contributed by atoms with van der Waals surface area (Å²) in [7, 11) is 1.61. The lowest BCUT2D eigenvalue weighted by atomic mass is 9.95. The van der Waals surface area contributed by atoms with E-state index < -0.39 is 40.6 Å². The normalized spacial score (nSPS) is 23.6. The molecule has 7 nitrogen and oxygen atoms in total. The number of hydrogen-bond donors (Lipinski definition) is 1. The molecule has 10 heteroatoms. The Morgan fingerprint density at radius 3 is 2.34 bits per heavy atom. The van der Waals surface area contributed by atoms with Crippen LogP contribution in [-0.4, -0.2) is 52.5 Å². The Kier molecular flexibility index (Phi) is 6.09. The molecule has 1 N–H and O–H groups in total. The van der Waals surface area contributed by atoms with Gasteiger partial charge in [-0.15, -0.1) is 0 Å². The van der Waals surface area contributed by atoms with E-state index in [1.807, 2.05) is 18.2 Å². The molecule has 3 aromatic carbocycles. The van der Waals surface area contributed by atoms with E-state index in [9.17, 15) is 27.6 Å². The van der Waals surface area contributed by atoms with Gasteiger partial charge in [0, 0.05) is 43.6 Å². The molecule has 3 aromatic rings. The van der Waals surface area contributed by atoms with Crippen LogP contribution in [0.5, 0.6) is 0 Å². The summed E-state index contributed by atoms with van der Waals surface area (Å²) in [6.45, 7) is 1.57. The van der Waals surface area contributed by atoms with E-state index in [1.165, 1.54) is 28.0 Å². The summed E-state index contributed by atoms with van der Waals surface area (Å²) in [5, 5.41) is 2.38. The molecule has 2 atom stereocenters. The third-order valence-corrected chi connectivity index (χ3v) is 8.23. The number of likely N-dealkylation sites (N-methyl/N-ethyl adjacent to an activating group) is 1. The van der Waals surface area contributed by atoms with Crippen LogP contribution < -0.4 is 5.32 Å². The van der Waals surface area contributed by atoms with E-state index >= 15 is 0 Å². The number of amides is 4. The number of nitrogens with one attached hydrogen (secondary N) is 1. The van der Waals surface area contributed by atoms with Crippen LogP contribution in [-0.2, 0) is 28.1 Å². The zero-order chi connectivity index (χ0) is 29.1. The Balaban J connectivity index is 1.29. The first kappa shape index (κ1) is 26.5. The van der Waals surface area contributed by atoms with Gasteiger partial charge in [0.15, 0.2) is 5.66 Å². The first-order valence-electron chi connectivity index (χ1n) is 13.0. The number of hydrogen-bond acceptors (Lipinski definition) is 4. The quantitative estimate of drug-likeness (QED) is 0.473. The topological polar surface area (TPSA) is 82.1 Å². The van der Waals surface area contributed by atoms with Gasteiger partial charge in [-0.05, 0) is 47.9 Å². The Hall–Kier alpha value is -4.73. The van der Waals surface area contributed by atoms with Gasteiger partial charge in [-0.2, -0.15) is 0 Å². The molecule has 41 heavy (non-hydrogen) atoms. The van der Waals surface area contributed by atoms with Gasteiger partial charge in [-0.3, -0.25) is 14.9 Å². The highest BCUT2D eigenvalue weighted by molar-refractivity contribution is 6.46. The highest BCUT2D eigenvalue weighted by Gasteiger charge is 2.54. The Morgan fingerprint density at radius 1 is 0.951 bits per heavy atom. The predicted octanol–water partition coefficient (Wildman–Crippen LogP) is 4.34. The van der Waals surface area contributed by atoms with Crippen LogP contribution in [0.25, 0.3) is 6.08 Å². The molecule has 1 spiro atoms. The summed E-state index contributed by atoms with van der Waals surface area (Å²) in [5.41, 5.74) is 0.237. The van der Waals surface area contributed by atoms with Crippen LogP contribution >= 0.6 is 0 Å². The summed E-state index contributed by atoms with van der Waals surface area (Å²) >= 11 is 0. The molecule has 4 amide bonds. The van der Waals surface area contributed by atoms with Gasteiger partial charge in [-0.1, -0.05) is 42.5 Å². The van der Waals surface area contributed by atoms with E-state index in [2.05, 4.69) is 10.3 Å². The molecule has 0 bridgehead atoms. The number of imide groups is 1. The summed E-state index contributed by atoms with van der Waals surface area (Å²) < 4.78 is 43.1. The maximum absolute atomic E-state index is 14.7. The molecule has 6 rings (SSSR count). The number of halogens is 3. The van der Waals surface area contributed by atoms with Gasteiger partial charge >= 0.3 is 6.03 Å². The van der Waals surface area contributed by atoms with Crippen LogP contribution in [0.1, 0.15) is 34.7 Å². The minimum absolute atomic E-state index is 0.000898. The zero-order valence-corrected chi connectivity index (χ0v) is 22.2. The lowest BCUT2D eigenvalue weighted by Gasteiger charge is -2.32. The molecular weight excluding hydrogens is 533 g/mol. The molecule has 1 fully saturated rings. The number of rotatable bonds is 5. The van der Waals surface area contributed by atoms with E-state index in [-0.39, 0.29) is 29.3 Å². The van der Waals surface area contributed by atoms with Crippen molar-refractivity contribution >= 4 is 29.6 Å². The van der Waals surface area contributed by atoms with Crippen molar-refractivity contribution < 1.29 is 27.6 Å². The van der Waals surface area contributed by atoms with Crippen LogP contribution in [0.15, 0.2) is 71.7 Å². The van der Waals surface area contributed by atoms with Gasteiger partial charge < -0.3 is 9.80 Å². The van der Waals surface area contributed by atoms with Crippen molar-refractivity contribution in [2.24, 2.45) is 4.99 Å². The summed E-state index contributed by atoms with van der Waals surface area (Å²) in [4.78, 5) is 45.5. The molecule has 1 aliphatic carbocycles. The Morgan fingerprint density at radius 2 is 1.66 bits per heavy atom. The number of fused-ring (bicyclic) bond motifs is 1. The fraction of sp³-hybridized carbons (Fsp3) is 0.226. The van der Waals surface area contributed by atoms with Crippen molar-refractivity contribution in [3.63, 3.8) is 0 Å². The van der Waals surface area contributed by atoms with Gasteiger partial charge in [0.2, 0.25) is 0 Å². The van der Waals surface area contributed by atoms with E-state index in [0.29, 0.717) is 12.8 Å². The number of benzene rings is 3. The zero-order valence-electron chi connectivity index (χ0n) is 22.2. The maximum Gasteiger partial charge on any atom is 0.324 e. The number of nitrogens with zero attached hydrogens (tertiary/aromatic N) is 3. The van der Waals surface area contributed by atoms with Gasteiger partial charge in [-0.25, -0.2) is 23.0 Å². The number of carbonyl (C=O) groups is 3. The summed E-state index contributed by atoms with van der Waals surface area (Å²) in [6.07, 6.45) is 4.30. The number of urea groups is 1. The van der Waals surface area contributed by atoms with Crippen molar-refractivity contribution in [1.82, 2.24) is 15.1 Å². The maximum atomic E-state index is 14.7. The smallest absolute Gasteiger partial charge is 0.312 e. The molecule has 1 saturated heterocycles. The minimum atomic E-state index is -1.50. The van der Waals surface area contributed by atoms with Crippen LogP contribution in [0, 0.1) is 17.5 Å². The van der Waals surface area contributed by atoms with Crippen molar-refractivity contribution in [2.45, 2.75) is 31.0 Å². The van der Waals surface area contributed by atoms with Gasteiger partial charge in [0.25, 0.3) is 11.8 Å². The highest BCUT2D eigenvalue weighted by atomic mass is 19.1. The third kappa shape index (κ3) is 4.21. The van der Waals surface area contributed by atoms with Crippen LogP contribution in [0.3, 0.4) is 0 Å². The summed E-state index contributed by atoms with van der Waals surface area (Å²) in [5.74, 6) is -3.17. The third-order valence-electron chi connectivity index (χ3n) is 8.23. The second-order valence-electron chi connectivity index (χ2n) is 10.7. The van der Waals surface area contributed by atoms with Gasteiger partial charge in [0.05, 0.1) is 0 Å². The average Bonchev–Trinajstić information content (AvgIpc) is 3.51. The van der Waals surface area contributed by atoms with Gasteiger partial charge in [0.1, 0.15) is 28.7 Å². The molecule has 0 aromatic heterocycles. The SMILES string of the molecule is CN1C(=O)NC(=O)[C@@]12Cc1ccc(/C=C/CN3C(=O)C(c4ccccc4F)=N[C@@]3(C)c3cc(F)cc(F)c3)cc1C2. The second kappa shape index (κ2) is 9.43. The molecule has 2 heterocycles. The minimum Gasteiger partial charge on any atom is -0.312 e. The number of aliphatic imine (C=N–C) groups is 1. The molecule has 0 radical (unpaired) electrons. The first-order chi connectivity index (χ1) is 19.5. The van der Waals surface area contributed by atoms with Crippen LogP contribution in [0.4, 0.5) is 18.0 Å². The molecular formula is C31H25F3N4O3. The fourth-order valence-corrected chi connectivity index (χ4v) is 5.90. The molecule has 208 valence electrons. The Labute approximate surface area is 234 Å². The van der Waals surface area contributed by atoms with E-state index in [4.69, 9.17) is 0 Å². The van der Waals surface area contributed by atoms with Crippen LogP contribution in [0.2, 0.25) is 0 Å². The summed E-state index contributed by atoms with van der Waals surface area (Å²) in [6, 6.07) is 14.0. The second-order valence-corrected chi connectivity index (χ2v) is 10.7. The van der Waals surface area contributed by atoms with E-state index in [1.54, 1.807) is 32.2 Å². The monoisotopic (exact) mass is 558 g/mol. The van der Waals surface area contributed by atoms with Crippen molar-refractivity contribution in [3.05, 3.63) is 112 Å². The van der Waals surface area contributed by atoms with E-state index in [0.717, 1.165) is 34.9 Å².